The first-order chi connectivity index (χ1) is 13.8. The molecule has 1 heterocycles. The van der Waals surface area contributed by atoms with Gasteiger partial charge >= 0.3 is 5.97 Å². The zero-order chi connectivity index (χ0) is 20.8. The van der Waals surface area contributed by atoms with Crippen LogP contribution in [-0.4, -0.2) is 36.7 Å². The smallest absolute Gasteiger partial charge is 0.337 e. The first-order valence-corrected chi connectivity index (χ1v) is 10.5. The van der Waals surface area contributed by atoms with Crippen molar-refractivity contribution in [3.63, 3.8) is 0 Å². The minimum Gasteiger partial charge on any atom is -0.489 e. The Bertz CT molecular complexity index is 1100. The summed E-state index contributed by atoms with van der Waals surface area (Å²) in [5.41, 5.74) is 0.703. The fourth-order valence-electron chi connectivity index (χ4n) is 4.15. The number of para-hydroxylation sites is 1. The number of rotatable bonds is 5. The molecule has 2 aromatic rings. The van der Waals surface area contributed by atoms with Crippen molar-refractivity contribution in [3.8, 4) is 11.8 Å². The molecular weight excluding hydrogens is 396 g/mol. The molecule has 4 rings (SSSR count). The number of benzene rings is 2. The molecule has 0 spiro atoms. The van der Waals surface area contributed by atoms with Gasteiger partial charge in [-0.3, -0.25) is 0 Å². The molecule has 5 atom stereocenters. The summed E-state index contributed by atoms with van der Waals surface area (Å²) in [7, 11) is -3.87. The van der Waals surface area contributed by atoms with Gasteiger partial charge in [-0.15, -0.1) is 0 Å². The zero-order valence-electron chi connectivity index (χ0n) is 15.1. The average molecular weight is 414 g/mol. The maximum Gasteiger partial charge on any atom is 0.337 e. The normalized spacial score (nSPS) is 26.1. The summed E-state index contributed by atoms with van der Waals surface area (Å²) in [6, 6.07) is 14.0. The minimum atomic E-state index is -3.87. The molecule has 0 saturated heterocycles. The van der Waals surface area contributed by atoms with Crippen LogP contribution in [0.1, 0.15) is 29.6 Å². The average Bonchev–Trinajstić information content (AvgIpc) is 3.24. The number of aliphatic hydroxyl groups excluding tert-OH is 1. The molecule has 1 fully saturated rings. The van der Waals surface area contributed by atoms with Gasteiger partial charge in [0.25, 0.3) is 0 Å². The fraction of sp³-hybridized carbons (Fsp3) is 0.300. The van der Waals surface area contributed by atoms with Gasteiger partial charge < -0.3 is 14.9 Å². The zero-order valence-corrected chi connectivity index (χ0v) is 15.9. The maximum absolute atomic E-state index is 12.8. The van der Waals surface area contributed by atoms with Crippen LogP contribution in [0.25, 0.3) is 0 Å². The molecule has 2 aliphatic rings. The third kappa shape index (κ3) is 3.25. The molecule has 0 amide bonds. The number of ether oxygens (including phenoxy) is 1. The second-order valence-corrected chi connectivity index (χ2v) is 8.83. The van der Waals surface area contributed by atoms with E-state index in [0.29, 0.717) is 12.0 Å². The van der Waals surface area contributed by atoms with E-state index in [4.69, 9.17) is 9.84 Å². The molecule has 9 heteroatoms. The van der Waals surface area contributed by atoms with E-state index in [0.717, 1.165) is 0 Å². The third-order valence-electron chi connectivity index (χ3n) is 5.45. The van der Waals surface area contributed by atoms with Gasteiger partial charge in [0.2, 0.25) is 10.0 Å². The summed E-state index contributed by atoms with van der Waals surface area (Å²) in [6.45, 7) is 0. The van der Waals surface area contributed by atoms with Gasteiger partial charge in [0.15, 0.2) is 6.10 Å². The lowest BCUT2D eigenvalue weighted by atomic mass is 9.90. The maximum atomic E-state index is 12.8. The predicted octanol–water partition coefficient (Wildman–Crippen LogP) is 1.54. The van der Waals surface area contributed by atoms with Crippen molar-refractivity contribution in [2.75, 3.05) is 0 Å². The van der Waals surface area contributed by atoms with Crippen molar-refractivity contribution in [3.05, 3.63) is 59.7 Å². The van der Waals surface area contributed by atoms with Gasteiger partial charge in [-0.1, -0.05) is 36.4 Å². The summed E-state index contributed by atoms with van der Waals surface area (Å²) in [5.74, 6) is -2.23. The van der Waals surface area contributed by atoms with Crippen LogP contribution in [-0.2, 0) is 14.8 Å². The number of carbonyl (C=O) groups is 1. The van der Waals surface area contributed by atoms with Crippen molar-refractivity contribution < 1.29 is 28.2 Å². The van der Waals surface area contributed by atoms with Crippen LogP contribution in [0, 0.1) is 17.2 Å². The van der Waals surface area contributed by atoms with Crippen LogP contribution in [0.2, 0.25) is 0 Å². The Morgan fingerprint density at radius 1 is 1.21 bits per heavy atom. The van der Waals surface area contributed by atoms with E-state index in [-0.39, 0.29) is 16.2 Å². The van der Waals surface area contributed by atoms with Gasteiger partial charge in [-0.25, -0.2) is 17.9 Å². The van der Waals surface area contributed by atoms with Gasteiger partial charge in [-0.05, 0) is 12.1 Å². The lowest BCUT2D eigenvalue weighted by Gasteiger charge is -2.22. The molecule has 29 heavy (non-hydrogen) atoms. The van der Waals surface area contributed by atoms with Crippen LogP contribution in [0.15, 0.2) is 53.4 Å². The Kier molecular flexibility index (Phi) is 4.78. The summed E-state index contributed by atoms with van der Waals surface area (Å²) in [4.78, 5) is 11.3. The standard InChI is InChI=1S/C20H18N2O6S/c21-10-11-9-15-16(17(11)22-29(26,27)12-5-2-1-3-6-12)13-7-4-8-14(19(13)28-15)18(23)20(24)25/h1-8,11,15-18,22-23H,9H2,(H,24,25). The molecule has 2 aromatic carbocycles. The molecular formula is C20H18N2O6S. The highest BCUT2D eigenvalue weighted by Crippen LogP contribution is 2.51. The molecule has 3 N–H and O–H groups in total. The molecule has 1 saturated carbocycles. The number of fused-ring (bicyclic) bond motifs is 3. The van der Waals surface area contributed by atoms with Crippen molar-refractivity contribution in [2.45, 2.75) is 35.5 Å². The molecule has 0 radical (unpaired) electrons. The van der Waals surface area contributed by atoms with Crippen molar-refractivity contribution in [2.24, 2.45) is 5.92 Å². The molecule has 8 nitrogen and oxygen atoms in total. The van der Waals surface area contributed by atoms with Crippen molar-refractivity contribution >= 4 is 16.0 Å². The number of nitrogens with zero attached hydrogens (tertiary/aromatic N) is 1. The van der Waals surface area contributed by atoms with Crippen LogP contribution in [0.4, 0.5) is 0 Å². The van der Waals surface area contributed by atoms with Gasteiger partial charge in [0.1, 0.15) is 11.9 Å². The monoisotopic (exact) mass is 414 g/mol. The van der Waals surface area contributed by atoms with Crippen molar-refractivity contribution in [1.82, 2.24) is 4.72 Å². The first-order valence-electron chi connectivity index (χ1n) is 9.01. The van der Waals surface area contributed by atoms with Crippen LogP contribution in [0.5, 0.6) is 5.75 Å². The SMILES string of the molecule is N#CC1CC2Oc3c(C(O)C(=O)O)cccc3C2C1NS(=O)(=O)c1ccccc1. The van der Waals surface area contributed by atoms with E-state index >= 15 is 0 Å². The number of carboxylic acids is 1. The third-order valence-corrected chi connectivity index (χ3v) is 6.93. The number of carboxylic acid groups (broad SMARTS) is 1. The number of sulfonamides is 1. The largest absolute Gasteiger partial charge is 0.489 e. The van der Waals surface area contributed by atoms with E-state index < -0.39 is 46.1 Å². The predicted molar refractivity (Wildman–Crippen MR) is 100 cm³/mol. The fourth-order valence-corrected chi connectivity index (χ4v) is 5.47. The van der Waals surface area contributed by atoms with E-state index in [1.807, 2.05) is 0 Å². The number of nitriles is 1. The van der Waals surface area contributed by atoms with E-state index in [9.17, 15) is 23.6 Å². The number of hydrogen-bond donors (Lipinski definition) is 3. The van der Waals surface area contributed by atoms with Gasteiger partial charge in [-0.2, -0.15) is 5.26 Å². The summed E-state index contributed by atoms with van der Waals surface area (Å²) in [6.07, 6.45) is -1.95. The highest BCUT2D eigenvalue weighted by atomic mass is 32.2. The summed E-state index contributed by atoms with van der Waals surface area (Å²) >= 11 is 0. The summed E-state index contributed by atoms with van der Waals surface area (Å²) < 4.78 is 34.2. The van der Waals surface area contributed by atoms with E-state index in [1.165, 1.54) is 18.2 Å². The summed E-state index contributed by atoms with van der Waals surface area (Å²) in [5, 5.41) is 28.7. The van der Waals surface area contributed by atoms with Gasteiger partial charge in [0, 0.05) is 29.5 Å². The Morgan fingerprint density at radius 3 is 2.59 bits per heavy atom. The molecule has 5 unspecified atom stereocenters. The Morgan fingerprint density at radius 2 is 1.93 bits per heavy atom. The second kappa shape index (κ2) is 7.15. The van der Waals surface area contributed by atoms with Crippen molar-refractivity contribution in [1.29, 1.82) is 5.26 Å². The molecule has 1 aliphatic carbocycles. The van der Waals surface area contributed by atoms with E-state index in [1.54, 1.807) is 30.3 Å². The Hall–Kier alpha value is -2.93. The number of aliphatic carboxylic acids is 1. The van der Waals surface area contributed by atoms with Crippen LogP contribution in [0.3, 0.4) is 0 Å². The van der Waals surface area contributed by atoms with Crippen LogP contribution < -0.4 is 9.46 Å². The molecule has 150 valence electrons. The van der Waals surface area contributed by atoms with E-state index in [2.05, 4.69) is 10.8 Å². The first kappa shape index (κ1) is 19.4. The second-order valence-electron chi connectivity index (χ2n) is 7.12. The molecule has 0 bridgehead atoms. The van der Waals surface area contributed by atoms with Crippen LogP contribution >= 0.6 is 0 Å². The number of hydrogen-bond acceptors (Lipinski definition) is 6. The Labute approximate surface area is 167 Å². The lowest BCUT2D eigenvalue weighted by molar-refractivity contribution is -0.147. The Balaban J connectivity index is 1.72. The minimum absolute atomic E-state index is 0.0920. The lowest BCUT2D eigenvalue weighted by Crippen LogP contribution is -2.40. The molecule has 1 aliphatic heterocycles. The number of nitrogens with one attached hydrogen (secondary N) is 1. The van der Waals surface area contributed by atoms with Gasteiger partial charge in [0.05, 0.1) is 16.9 Å². The molecule has 0 aromatic heterocycles. The number of aliphatic hydroxyl groups is 1. The quantitative estimate of drug-likeness (QED) is 0.675. The topological polar surface area (TPSA) is 137 Å². The highest BCUT2D eigenvalue weighted by molar-refractivity contribution is 7.89. The highest BCUT2D eigenvalue weighted by Gasteiger charge is 2.52.